The van der Waals surface area contributed by atoms with E-state index in [4.69, 9.17) is 10.5 Å². The Labute approximate surface area is 132 Å². The molecule has 5 nitrogen and oxygen atoms in total. The molecule has 0 saturated carbocycles. The Morgan fingerprint density at radius 2 is 2.29 bits per heavy atom. The molecular weight excluding hydrogens is 304 g/mol. The molecule has 0 aliphatic carbocycles. The summed E-state index contributed by atoms with van der Waals surface area (Å²) in [5.74, 6) is 0.574. The molecule has 2 N–H and O–H groups in total. The molecule has 1 aliphatic rings. The van der Waals surface area contributed by atoms with Crippen molar-refractivity contribution in [2.24, 2.45) is 0 Å². The van der Waals surface area contributed by atoms with Crippen LogP contribution in [0.4, 0.5) is 10.8 Å². The van der Waals surface area contributed by atoms with E-state index in [0.717, 1.165) is 47.2 Å². The molecule has 21 heavy (non-hydrogen) atoms. The van der Waals surface area contributed by atoms with Crippen molar-refractivity contribution in [2.45, 2.75) is 32.3 Å². The second kappa shape index (κ2) is 5.55. The number of hydrogen-bond acceptors (Lipinski definition) is 7. The molecule has 0 radical (unpaired) electrons. The maximum Gasteiger partial charge on any atom is 0.148 e. The summed E-state index contributed by atoms with van der Waals surface area (Å²) in [4.78, 5) is 6.91. The van der Waals surface area contributed by atoms with Crippen LogP contribution in [-0.4, -0.2) is 35.2 Å². The lowest BCUT2D eigenvalue weighted by molar-refractivity contribution is -0.00449. The number of thiazole rings is 1. The zero-order chi connectivity index (χ0) is 15.0. The van der Waals surface area contributed by atoms with E-state index in [1.807, 2.05) is 6.92 Å². The maximum atomic E-state index is 6.10. The maximum absolute atomic E-state index is 6.10. The van der Waals surface area contributed by atoms with Crippen molar-refractivity contribution in [1.82, 2.24) is 9.36 Å². The highest BCUT2D eigenvalue weighted by Crippen LogP contribution is 2.41. The van der Waals surface area contributed by atoms with Crippen molar-refractivity contribution < 1.29 is 4.74 Å². The minimum absolute atomic E-state index is 0.105. The lowest BCUT2D eigenvalue weighted by Gasteiger charge is -2.40. The first-order chi connectivity index (χ1) is 10.0. The number of nitrogens with two attached hydrogens (primary N) is 1. The van der Waals surface area contributed by atoms with Crippen molar-refractivity contribution >= 4 is 33.7 Å². The van der Waals surface area contributed by atoms with Gasteiger partial charge in [0.05, 0.1) is 21.9 Å². The SMILES string of the molecule is COC1(C)CCCN(c2snc(N)c2-c2csc(C)n2)C1. The van der Waals surface area contributed by atoms with Crippen molar-refractivity contribution in [2.75, 3.05) is 30.8 Å². The van der Waals surface area contributed by atoms with Crippen LogP contribution in [0.5, 0.6) is 0 Å². The normalized spacial score (nSPS) is 22.7. The fourth-order valence-corrected chi connectivity index (χ4v) is 4.23. The largest absolute Gasteiger partial charge is 0.382 e. The number of anilines is 2. The van der Waals surface area contributed by atoms with Crippen LogP contribution in [0.2, 0.25) is 0 Å². The average molecular weight is 324 g/mol. The van der Waals surface area contributed by atoms with Gasteiger partial charge in [0, 0.05) is 25.6 Å². The van der Waals surface area contributed by atoms with Crippen LogP contribution in [0.1, 0.15) is 24.8 Å². The highest BCUT2D eigenvalue weighted by Gasteiger charge is 2.33. The molecule has 1 saturated heterocycles. The Hall–Kier alpha value is -1.18. The van der Waals surface area contributed by atoms with Gasteiger partial charge in [0.25, 0.3) is 0 Å². The third-order valence-electron chi connectivity index (χ3n) is 4.01. The number of ether oxygens (including phenoxy) is 1. The summed E-state index contributed by atoms with van der Waals surface area (Å²) in [5, 5.41) is 4.21. The monoisotopic (exact) mass is 324 g/mol. The van der Waals surface area contributed by atoms with E-state index in [0.29, 0.717) is 5.82 Å². The van der Waals surface area contributed by atoms with E-state index < -0.39 is 0 Å². The van der Waals surface area contributed by atoms with Crippen LogP contribution in [0, 0.1) is 6.92 Å². The van der Waals surface area contributed by atoms with Crippen molar-refractivity contribution in [3.8, 4) is 11.3 Å². The minimum Gasteiger partial charge on any atom is -0.382 e. The van der Waals surface area contributed by atoms with Crippen LogP contribution in [0.25, 0.3) is 11.3 Å². The zero-order valence-corrected chi connectivity index (χ0v) is 14.2. The number of nitrogen functional groups attached to an aromatic ring is 1. The molecule has 3 rings (SSSR count). The van der Waals surface area contributed by atoms with Gasteiger partial charge < -0.3 is 15.4 Å². The number of hydrogen-bond donors (Lipinski definition) is 1. The Balaban J connectivity index is 1.96. The molecular formula is C14H20N4OS2. The van der Waals surface area contributed by atoms with E-state index >= 15 is 0 Å². The Bertz CT molecular complexity index is 639. The van der Waals surface area contributed by atoms with Crippen molar-refractivity contribution in [3.63, 3.8) is 0 Å². The molecule has 0 bridgehead atoms. The van der Waals surface area contributed by atoms with E-state index in [2.05, 4.69) is 26.6 Å². The van der Waals surface area contributed by atoms with Gasteiger partial charge in [-0.1, -0.05) is 0 Å². The fraction of sp³-hybridized carbons (Fsp3) is 0.571. The van der Waals surface area contributed by atoms with Crippen LogP contribution in [0.3, 0.4) is 0 Å². The smallest absolute Gasteiger partial charge is 0.148 e. The quantitative estimate of drug-likeness (QED) is 0.939. The predicted molar refractivity (Wildman–Crippen MR) is 89.2 cm³/mol. The van der Waals surface area contributed by atoms with Crippen molar-refractivity contribution in [3.05, 3.63) is 10.4 Å². The van der Waals surface area contributed by atoms with Gasteiger partial charge >= 0.3 is 0 Å². The first-order valence-corrected chi connectivity index (χ1v) is 8.65. The molecule has 2 aromatic heterocycles. The lowest BCUT2D eigenvalue weighted by atomic mass is 9.94. The summed E-state index contributed by atoms with van der Waals surface area (Å²) >= 11 is 3.10. The van der Waals surface area contributed by atoms with Gasteiger partial charge in [-0.15, -0.1) is 11.3 Å². The highest BCUT2D eigenvalue weighted by atomic mass is 32.1. The van der Waals surface area contributed by atoms with Gasteiger partial charge in [0.2, 0.25) is 0 Å². The molecule has 1 unspecified atom stereocenters. The first kappa shape index (κ1) is 14.7. The Morgan fingerprint density at radius 3 is 2.95 bits per heavy atom. The van der Waals surface area contributed by atoms with Gasteiger partial charge in [0.1, 0.15) is 10.8 Å². The van der Waals surface area contributed by atoms with Gasteiger partial charge in [-0.3, -0.25) is 0 Å². The van der Waals surface area contributed by atoms with Crippen LogP contribution in [-0.2, 0) is 4.74 Å². The van der Waals surface area contributed by atoms with E-state index in [1.165, 1.54) is 11.5 Å². The molecule has 7 heteroatoms. The number of rotatable bonds is 3. The summed E-state index contributed by atoms with van der Waals surface area (Å²) in [6, 6.07) is 0. The van der Waals surface area contributed by atoms with Gasteiger partial charge in [-0.25, -0.2) is 4.98 Å². The van der Waals surface area contributed by atoms with Crippen LogP contribution < -0.4 is 10.6 Å². The summed E-state index contributed by atoms with van der Waals surface area (Å²) in [6.07, 6.45) is 2.19. The van der Waals surface area contributed by atoms with Gasteiger partial charge in [-0.2, -0.15) is 4.37 Å². The van der Waals surface area contributed by atoms with Crippen LogP contribution in [0.15, 0.2) is 5.38 Å². The Kier molecular flexibility index (Phi) is 3.90. The third kappa shape index (κ3) is 2.77. The van der Waals surface area contributed by atoms with E-state index in [9.17, 15) is 0 Å². The van der Waals surface area contributed by atoms with Gasteiger partial charge in [-0.05, 0) is 38.2 Å². The predicted octanol–water partition coefficient (Wildman–Crippen LogP) is 3.16. The van der Waals surface area contributed by atoms with E-state index in [-0.39, 0.29) is 5.60 Å². The topological polar surface area (TPSA) is 64.3 Å². The summed E-state index contributed by atoms with van der Waals surface area (Å²) in [5.41, 5.74) is 7.90. The molecule has 0 amide bonds. The molecule has 0 aromatic carbocycles. The number of methoxy groups -OCH3 is 1. The molecule has 1 atom stereocenters. The average Bonchev–Trinajstić information content (AvgIpc) is 3.05. The third-order valence-corrected chi connectivity index (χ3v) is 5.71. The zero-order valence-electron chi connectivity index (χ0n) is 12.5. The second-order valence-electron chi connectivity index (χ2n) is 5.68. The fourth-order valence-electron chi connectivity index (χ4n) is 2.77. The lowest BCUT2D eigenvalue weighted by Crippen LogP contribution is -2.47. The summed E-state index contributed by atoms with van der Waals surface area (Å²) < 4.78 is 10.0. The van der Waals surface area contributed by atoms with Crippen LogP contribution >= 0.6 is 22.9 Å². The summed E-state index contributed by atoms with van der Waals surface area (Å²) in [7, 11) is 1.79. The molecule has 1 fully saturated rings. The summed E-state index contributed by atoms with van der Waals surface area (Å²) in [6.45, 7) is 6.04. The molecule has 2 aromatic rings. The van der Waals surface area contributed by atoms with Gasteiger partial charge in [0.15, 0.2) is 0 Å². The highest BCUT2D eigenvalue weighted by molar-refractivity contribution is 7.11. The number of aromatic nitrogens is 2. The van der Waals surface area contributed by atoms with E-state index in [1.54, 1.807) is 18.4 Å². The minimum atomic E-state index is -0.105. The first-order valence-electron chi connectivity index (χ1n) is 7.00. The molecule has 114 valence electrons. The Morgan fingerprint density at radius 1 is 1.48 bits per heavy atom. The standard InChI is InChI=1S/C14H20N4OS2/c1-9-16-10(7-20-9)11-12(15)17-21-13(11)18-6-4-5-14(2,8-18)19-3/h7H,4-6,8H2,1-3H3,(H2,15,17). The van der Waals surface area contributed by atoms with Crippen molar-refractivity contribution in [1.29, 1.82) is 0 Å². The molecule has 3 heterocycles. The second-order valence-corrected chi connectivity index (χ2v) is 7.49. The number of nitrogens with zero attached hydrogens (tertiary/aromatic N) is 3. The molecule has 0 spiro atoms. The number of aryl methyl sites for hydroxylation is 1. The molecule has 1 aliphatic heterocycles. The number of piperidine rings is 1.